The molecule has 162 valence electrons. The summed E-state index contributed by atoms with van der Waals surface area (Å²) in [4.78, 5) is 17.1. The molecular weight excluding hydrogens is 463 g/mol. The van der Waals surface area contributed by atoms with Gasteiger partial charge in [-0.3, -0.25) is 4.39 Å². The lowest BCUT2D eigenvalue weighted by Gasteiger charge is -2.20. The molecule has 1 atom stereocenters. The van der Waals surface area contributed by atoms with Gasteiger partial charge in [-0.25, -0.2) is 9.78 Å². The number of methoxy groups -OCH3 is 1. The number of esters is 1. The first-order chi connectivity index (χ1) is 15.0. The standard InChI is InChI=1S/C24H24BrFN2O3/c1-14(16-4-5-18(25)21-17(16)7-10-31-21)22-27-19-6-3-15(23(29)30-2)11-20(19)28(22)13-24(12-26)8-9-24/h3-6,11,14H,7-10,12-13H2,1-2H3. The molecule has 3 aromatic rings. The van der Waals surface area contributed by atoms with Gasteiger partial charge >= 0.3 is 5.97 Å². The molecule has 7 heteroatoms. The van der Waals surface area contributed by atoms with E-state index in [2.05, 4.69) is 33.5 Å². The molecule has 5 rings (SSSR count). The summed E-state index contributed by atoms with van der Waals surface area (Å²) in [5.74, 6) is 1.39. The van der Waals surface area contributed by atoms with Crippen LogP contribution < -0.4 is 4.74 Å². The van der Waals surface area contributed by atoms with Gasteiger partial charge < -0.3 is 14.0 Å². The molecule has 1 aliphatic carbocycles. The quantitative estimate of drug-likeness (QED) is 0.436. The van der Waals surface area contributed by atoms with Crippen LogP contribution in [0.1, 0.15) is 53.0 Å². The Balaban J connectivity index is 1.66. The van der Waals surface area contributed by atoms with Gasteiger partial charge in [0.05, 0.1) is 41.5 Å². The molecule has 1 aliphatic heterocycles. The van der Waals surface area contributed by atoms with E-state index >= 15 is 0 Å². The van der Waals surface area contributed by atoms with Crippen molar-refractivity contribution in [1.82, 2.24) is 9.55 Å². The summed E-state index contributed by atoms with van der Waals surface area (Å²) in [6.45, 7) is 3.01. The first kappa shape index (κ1) is 20.5. The normalized spacial score (nSPS) is 17.3. The van der Waals surface area contributed by atoms with Crippen molar-refractivity contribution in [3.63, 3.8) is 0 Å². The van der Waals surface area contributed by atoms with E-state index < -0.39 is 5.97 Å². The van der Waals surface area contributed by atoms with Crippen LogP contribution in [0.3, 0.4) is 0 Å². The second-order valence-corrected chi connectivity index (χ2v) is 9.50. The van der Waals surface area contributed by atoms with Crippen molar-refractivity contribution >= 4 is 32.9 Å². The number of hydrogen-bond acceptors (Lipinski definition) is 4. The lowest BCUT2D eigenvalue weighted by molar-refractivity contribution is 0.0601. The van der Waals surface area contributed by atoms with Crippen molar-refractivity contribution in [2.45, 2.75) is 38.6 Å². The van der Waals surface area contributed by atoms with Crippen LogP contribution in [0.25, 0.3) is 11.0 Å². The molecule has 0 saturated heterocycles. The molecule has 31 heavy (non-hydrogen) atoms. The molecule has 1 aromatic heterocycles. The fourth-order valence-corrected chi connectivity index (χ4v) is 5.04. The topological polar surface area (TPSA) is 53.4 Å². The largest absolute Gasteiger partial charge is 0.492 e. The Labute approximate surface area is 188 Å². The van der Waals surface area contributed by atoms with E-state index in [1.165, 1.54) is 18.2 Å². The average molecular weight is 487 g/mol. The molecule has 1 saturated carbocycles. The van der Waals surface area contributed by atoms with E-state index in [1.54, 1.807) is 6.07 Å². The predicted molar refractivity (Wildman–Crippen MR) is 120 cm³/mol. The Morgan fingerprint density at radius 1 is 1.35 bits per heavy atom. The van der Waals surface area contributed by atoms with Crippen LogP contribution in [0.2, 0.25) is 0 Å². The maximum absolute atomic E-state index is 13.8. The van der Waals surface area contributed by atoms with Gasteiger partial charge in [-0.15, -0.1) is 0 Å². The van der Waals surface area contributed by atoms with E-state index in [9.17, 15) is 9.18 Å². The number of carbonyl (C=O) groups excluding carboxylic acids is 1. The number of carbonyl (C=O) groups is 1. The van der Waals surface area contributed by atoms with Crippen LogP contribution in [0.4, 0.5) is 4.39 Å². The number of nitrogens with zero attached hydrogens (tertiary/aromatic N) is 2. The highest BCUT2D eigenvalue weighted by atomic mass is 79.9. The van der Waals surface area contributed by atoms with E-state index in [0.717, 1.165) is 46.3 Å². The van der Waals surface area contributed by atoms with Gasteiger partial charge in [-0.2, -0.15) is 0 Å². The maximum atomic E-state index is 13.8. The molecule has 2 heterocycles. The number of hydrogen-bond donors (Lipinski definition) is 0. The number of benzene rings is 2. The molecular formula is C24H24BrFN2O3. The van der Waals surface area contributed by atoms with Crippen molar-refractivity contribution in [1.29, 1.82) is 0 Å². The number of fused-ring (bicyclic) bond motifs is 2. The van der Waals surface area contributed by atoms with E-state index in [4.69, 9.17) is 14.5 Å². The summed E-state index contributed by atoms with van der Waals surface area (Å²) < 4.78 is 27.6. The van der Waals surface area contributed by atoms with Gasteiger partial charge in [-0.1, -0.05) is 13.0 Å². The third-order valence-electron chi connectivity index (χ3n) is 6.63. The zero-order chi connectivity index (χ0) is 21.8. The Kier molecular flexibility index (Phi) is 5.04. The van der Waals surface area contributed by atoms with Crippen LogP contribution >= 0.6 is 15.9 Å². The summed E-state index contributed by atoms with van der Waals surface area (Å²) in [6, 6.07) is 9.52. The monoisotopic (exact) mass is 486 g/mol. The van der Waals surface area contributed by atoms with Crippen molar-refractivity contribution in [3.8, 4) is 5.75 Å². The van der Waals surface area contributed by atoms with Crippen LogP contribution in [0.15, 0.2) is 34.8 Å². The molecule has 2 aliphatic rings. The predicted octanol–water partition coefficient (Wildman–Crippen LogP) is 5.42. The van der Waals surface area contributed by atoms with Gasteiger partial charge in [0.15, 0.2) is 0 Å². The van der Waals surface area contributed by atoms with Crippen molar-refractivity contribution in [3.05, 3.63) is 57.3 Å². The third kappa shape index (κ3) is 3.43. The zero-order valence-corrected chi connectivity index (χ0v) is 19.2. The SMILES string of the molecule is COC(=O)c1ccc2nc(C(C)c3ccc(Br)c4c3CCO4)n(CC3(CF)CC3)c2c1. The van der Waals surface area contributed by atoms with E-state index in [0.29, 0.717) is 18.7 Å². The van der Waals surface area contributed by atoms with Gasteiger partial charge in [0.25, 0.3) is 0 Å². The van der Waals surface area contributed by atoms with Gasteiger partial charge in [0.2, 0.25) is 0 Å². The highest BCUT2D eigenvalue weighted by Crippen LogP contribution is 2.49. The molecule has 0 spiro atoms. The minimum atomic E-state index is -0.390. The Bertz CT molecular complexity index is 1190. The lowest BCUT2D eigenvalue weighted by atomic mass is 9.93. The summed E-state index contributed by atoms with van der Waals surface area (Å²) in [5.41, 5.74) is 4.16. The Hall–Kier alpha value is -2.41. The highest BCUT2D eigenvalue weighted by Gasteiger charge is 2.44. The Morgan fingerprint density at radius 2 is 2.16 bits per heavy atom. The second kappa shape index (κ2) is 7.62. The van der Waals surface area contributed by atoms with Crippen molar-refractivity contribution in [2.24, 2.45) is 5.41 Å². The number of alkyl halides is 1. The summed E-state index contributed by atoms with van der Waals surface area (Å²) >= 11 is 3.58. The minimum Gasteiger partial charge on any atom is -0.492 e. The number of ether oxygens (including phenoxy) is 2. The van der Waals surface area contributed by atoms with Crippen LogP contribution in [-0.4, -0.2) is 35.9 Å². The van der Waals surface area contributed by atoms with Gasteiger partial charge in [0, 0.05) is 29.9 Å². The van der Waals surface area contributed by atoms with Crippen molar-refractivity contribution in [2.75, 3.05) is 20.4 Å². The zero-order valence-electron chi connectivity index (χ0n) is 17.6. The molecule has 1 unspecified atom stereocenters. The molecule has 2 aromatic carbocycles. The summed E-state index contributed by atoms with van der Waals surface area (Å²) in [7, 11) is 1.37. The number of imidazole rings is 1. The Morgan fingerprint density at radius 3 is 2.87 bits per heavy atom. The molecule has 0 bridgehead atoms. The first-order valence-corrected chi connectivity index (χ1v) is 11.3. The van der Waals surface area contributed by atoms with Crippen LogP contribution in [-0.2, 0) is 17.7 Å². The summed E-state index contributed by atoms with van der Waals surface area (Å²) in [5, 5.41) is 0. The maximum Gasteiger partial charge on any atom is 0.337 e. The van der Waals surface area contributed by atoms with Crippen LogP contribution in [0.5, 0.6) is 5.75 Å². The number of aromatic nitrogens is 2. The van der Waals surface area contributed by atoms with Crippen molar-refractivity contribution < 1.29 is 18.7 Å². The average Bonchev–Trinajstić information content (AvgIpc) is 3.22. The minimum absolute atomic E-state index is 0.00654. The fourth-order valence-electron chi connectivity index (χ4n) is 4.56. The van der Waals surface area contributed by atoms with E-state index in [1.807, 2.05) is 18.2 Å². The smallest absolute Gasteiger partial charge is 0.337 e. The number of halogens is 2. The molecule has 0 N–H and O–H groups in total. The molecule has 0 radical (unpaired) electrons. The van der Waals surface area contributed by atoms with E-state index in [-0.39, 0.29) is 18.0 Å². The highest BCUT2D eigenvalue weighted by molar-refractivity contribution is 9.10. The number of rotatable bonds is 6. The second-order valence-electron chi connectivity index (χ2n) is 8.65. The third-order valence-corrected chi connectivity index (χ3v) is 7.26. The summed E-state index contributed by atoms with van der Waals surface area (Å²) in [6.07, 6.45) is 2.60. The molecule has 1 fully saturated rings. The fraction of sp³-hybridized carbons (Fsp3) is 0.417. The lowest BCUT2D eigenvalue weighted by Crippen LogP contribution is -2.18. The van der Waals surface area contributed by atoms with Gasteiger partial charge in [0.1, 0.15) is 11.6 Å². The first-order valence-electron chi connectivity index (χ1n) is 10.5. The van der Waals surface area contributed by atoms with Crippen LogP contribution in [0, 0.1) is 5.41 Å². The molecule has 0 amide bonds. The van der Waals surface area contributed by atoms with Gasteiger partial charge in [-0.05, 0) is 58.6 Å². The molecule has 5 nitrogen and oxygen atoms in total.